The summed E-state index contributed by atoms with van der Waals surface area (Å²) in [6, 6.07) is 1.37. The van der Waals surface area contributed by atoms with Gasteiger partial charge in [0.1, 0.15) is 5.82 Å². The number of hydrogen-bond donors (Lipinski definition) is 3. The van der Waals surface area contributed by atoms with E-state index in [9.17, 15) is 9.90 Å². The summed E-state index contributed by atoms with van der Waals surface area (Å²) >= 11 is 5.98. The van der Waals surface area contributed by atoms with Crippen LogP contribution in [-0.4, -0.2) is 33.8 Å². The summed E-state index contributed by atoms with van der Waals surface area (Å²) in [6.07, 6.45) is 5.02. The summed E-state index contributed by atoms with van der Waals surface area (Å²) in [5.74, 6) is -0.390. The van der Waals surface area contributed by atoms with Gasteiger partial charge in [0.25, 0.3) is 0 Å². The van der Waals surface area contributed by atoms with Crippen molar-refractivity contribution in [2.75, 3.05) is 11.9 Å². The van der Waals surface area contributed by atoms with Crippen LogP contribution in [0.1, 0.15) is 36.0 Å². The number of aliphatic hydroxyl groups excluding tert-OH is 1. The monoisotopic (exact) mass is 284 g/mol. The van der Waals surface area contributed by atoms with Gasteiger partial charge in [-0.1, -0.05) is 24.4 Å². The first-order valence-electron chi connectivity index (χ1n) is 6.38. The van der Waals surface area contributed by atoms with Crippen molar-refractivity contribution in [2.24, 2.45) is 5.92 Å². The van der Waals surface area contributed by atoms with Gasteiger partial charge in [0.05, 0.1) is 16.7 Å². The highest BCUT2D eigenvalue weighted by Gasteiger charge is 2.23. The van der Waals surface area contributed by atoms with Crippen LogP contribution in [-0.2, 0) is 0 Å². The molecular formula is C13H17ClN2O3. The Labute approximate surface area is 116 Å². The first kappa shape index (κ1) is 14.1. The molecule has 3 N–H and O–H groups in total. The lowest BCUT2D eigenvalue weighted by molar-refractivity contribution is 0.0696. The molecule has 5 nitrogen and oxygen atoms in total. The summed E-state index contributed by atoms with van der Waals surface area (Å²) < 4.78 is 0. The Balaban J connectivity index is 1.97. The topological polar surface area (TPSA) is 82.5 Å². The number of nitrogens with zero attached hydrogens (tertiary/aromatic N) is 1. The average Bonchev–Trinajstić information content (AvgIpc) is 2.39. The van der Waals surface area contributed by atoms with Crippen LogP contribution < -0.4 is 5.32 Å². The first-order valence-corrected chi connectivity index (χ1v) is 6.76. The fourth-order valence-corrected chi connectivity index (χ4v) is 2.57. The molecule has 2 unspecified atom stereocenters. The summed E-state index contributed by atoms with van der Waals surface area (Å²) in [4.78, 5) is 14.8. The number of aromatic nitrogens is 1. The van der Waals surface area contributed by atoms with Crippen LogP contribution in [0.15, 0.2) is 12.3 Å². The molecule has 19 heavy (non-hydrogen) atoms. The summed E-state index contributed by atoms with van der Waals surface area (Å²) in [7, 11) is 0. The van der Waals surface area contributed by atoms with E-state index >= 15 is 0 Å². The lowest BCUT2D eigenvalue weighted by Gasteiger charge is -2.27. The number of pyridine rings is 1. The molecule has 0 aromatic carbocycles. The number of nitrogens with one attached hydrogen (secondary N) is 1. The molecule has 1 heterocycles. The molecule has 104 valence electrons. The molecule has 1 fully saturated rings. The standard InChI is InChI=1S/C13H17ClN2O3/c14-10-5-9(13(18)19)7-16-12(10)15-6-8-3-1-2-4-11(8)17/h5,7-8,11,17H,1-4,6H2,(H,15,16)(H,18,19). The summed E-state index contributed by atoms with van der Waals surface area (Å²) in [6.45, 7) is 0.598. The molecule has 2 atom stereocenters. The second kappa shape index (κ2) is 6.21. The van der Waals surface area contributed by atoms with Gasteiger partial charge in [-0.3, -0.25) is 0 Å². The number of carboxylic acids is 1. The fraction of sp³-hybridized carbons (Fsp3) is 0.538. The number of carboxylic acid groups (broad SMARTS) is 1. The summed E-state index contributed by atoms with van der Waals surface area (Å²) in [5, 5.41) is 22.0. The van der Waals surface area contributed by atoms with Crippen LogP contribution in [0.2, 0.25) is 5.02 Å². The smallest absolute Gasteiger partial charge is 0.337 e. The van der Waals surface area contributed by atoms with E-state index < -0.39 is 5.97 Å². The van der Waals surface area contributed by atoms with Crippen LogP contribution in [0.5, 0.6) is 0 Å². The van der Waals surface area contributed by atoms with E-state index in [0.29, 0.717) is 12.4 Å². The Morgan fingerprint density at radius 3 is 2.84 bits per heavy atom. The third kappa shape index (κ3) is 3.58. The van der Waals surface area contributed by atoms with Gasteiger partial charge in [-0.15, -0.1) is 0 Å². The van der Waals surface area contributed by atoms with Crippen molar-refractivity contribution in [2.45, 2.75) is 31.8 Å². The van der Waals surface area contributed by atoms with E-state index in [-0.39, 0.29) is 22.6 Å². The van der Waals surface area contributed by atoms with Crippen molar-refractivity contribution in [1.29, 1.82) is 0 Å². The normalized spacial score (nSPS) is 23.1. The second-order valence-electron chi connectivity index (χ2n) is 4.85. The molecule has 1 saturated carbocycles. The number of aromatic carboxylic acids is 1. The Morgan fingerprint density at radius 2 is 2.21 bits per heavy atom. The Kier molecular flexibility index (Phi) is 4.61. The van der Waals surface area contributed by atoms with Crippen molar-refractivity contribution in [3.8, 4) is 0 Å². The van der Waals surface area contributed by atoms with Gasteiger partial charge in [-0.25, -0.2) is 9.78 Å². The molecule has 1 aromatic rings. The van der Waals surface area contributed by atoms with Crippen molar-refractivity contribution < 1.29 is 15.0 Å². The highest BCUT2D eigenvalue weighted by atomic mass is 35.5. The summed E-state index contributed by atoms with van der Waals surface area (Å²) in [5.41, 5.74) is 0.0632. The molecule has 0 spiro atoms. The van der Waals surface area contributed by atoms with Gasteiger partial charge in [0.15, 0.2) is 0 Å². The predicted octanol–water partition coefficient (Wildman–Crippen LogP) is 2.40. The SMILES string of the molecule is O=C(O)c1cnc(NCC2CCCCC2O)c(Cl)c1. The van der Waals surface area contributed by atoms with E-state index in [4.69, 9.17) is 16.7 Å². The Morgan fingerprint density at radius 1 is 1.47 bits per heavy atom. The van der Waals surface area contributed by atoms with E-state index in [1.807, 2.05) is 0 Å². The maximum Gasteiger partial charge on any atom is 0.337 e. The number of carbonyl (C=O) groups is 1. The number of aliphatic hydroxyl groups is 1. The van der Waals surface area contributed by atoms with Crippen LogP contribution >= 0.6 is 11.6 Å². The van der Waals surface area contributed by atoms with Gasteiger partial charge in [0, 0.05) is 18.7 Å². The third-order valence-electron chi connectivity index (χ3n) is 3.49. The van der Waals surface area contributed by atoms with Gasteiger partial charge in [-0.05, 0) is 18.9 Å². The van der Waals surface area contributed by atoms with Crippen LogP contribution in [0.3, 0.4) is 0 Å². The van der Waals surface area contributed by atoms with Gasteiger partial charge in [-0.2, -0.15) is 0 Å². The molecule has 0 amide bonds. The van der Waals surface area contributed by atoms with Crippen LogP contribution in [0.4, 0.5) is 5.82 Å². The van der Waals surface area contributed by atoms with Crippen molar-refractivity contribution in [3.05, 3.63) is 22.8 Å². The van der Waals surface area contributed by atoms with Crippen LogP contribution in [0, 0.1) is 5.92 Å². The zero-order chi connectivity index (χ0) is 13.8. The minimum Gasteiger partial charge on any atom is -0.478 e. The number of halogens is 1. The van der Waals surface area contributed by atoms with Crippen molar-refractivity contribution >= 4 is 23.4 Å². The highest BCUT2D eigenvalue weighted by molar-refractivity contribution is 6.33. The lowest BCUT2D eigenvalue weighted by Crippen LogP contribution is -2.30. The molecule has 2 rings (SSSR count). The average molecular weight is 285 g/mol. The Bertz CT molecular complexity index is 467. The number of anilines is 1. The zero-order valence-corrected chi connectivity index (χ0v) is 11.2. The molecule has 0 aliphatic heterocycles. The fourth-order valence-electron chi connectivity index (χ4n) is 2.34. The van der Waals surface area contributed by atoms with Gasteiger partial charge >= 0.3 is 5.97 Å². The molecular weight excluding hydrogens is 268 g/mol. The molecule has 0 radical (unpaired) electrons. The molecule has 1 aromatic heterocycles. The molecule has 1 aliphatic rings. The van der Waals surface area contributed by atoms with E-state index in [1.165, 1.54) is 12.3 Å². The highest BCUT2D eigenvalue weighted by Crippen LogP contribution is 2.26. The quantitative estimate of drug-likeness (QED) is 0.791. The maximum absolute atomic E-state index is 10.8. The van der Waals surface area contributed by atoms with Crippen LogP contribution in [0.25, 0.3) is 0 Å². The molecule has 0 bridgehead atoms. The van der Waals surface area contributed by atoms with Crippen molar-refractivity contribution in [1.82, 2.24) is 4.98 Å². The van der Waals surface area contributed by atoms with E-state index in [1.54, 1.807) is 0 Å². The maximum atomic E-state index is 10.8. The van der Waals surface area contributed by atoms with Gasteiger partial charge < -0.3 is 15.5 Å². The lowest BCUT2D eigenvalue weighted by atomic mass is 9.86. The number of hydrogen-bond acceptors (Lipinski definition) is 4. The molecule has 6 heteroatoms. The minimum atomic E-state index is -1.05. The second-order valence-corrected chi connectivity index (χ2v) is 5.26. The van der Waals surface area contributed by atoms with Crippen molar-refractivity contribution in [3.63, 3.8) is 0 Å². The predicted molar refractivity (Wildman–Crippen MR) is 72.7 cm³/mol. The first-order chi connectivity index (χ1) is 9.08. The number of rotatable bonds is 4. The zero-order valence-electron chi connectivity index (χ0n) is 10.5. The van der Waals surface area contributed by atoms with E-state index in [0.717, 1.165) is 25.7 Å². The largest absolute Gasteiger partial charge is 0.478 e. The third-order valence-corrected chi connectivity index (χ3v) is 3.78. The Hall–Kier alpha value is -1.33. The minimum absolute atomic E-state index is 0.0632. The molecule has 0 saturated heterocycles. The molecule has 1 aliphatic carbocycles. The van der Waals surface area contributed by atoms with E-state index in [2.05, 4.69) is 10.3 Å². The van der Waals surface area contributed by atoms with Gasteiger partial charge in [0.2, 0.25) is 0 Å².